The van der Waals surface area contributed by atoms with Crippen molar-refractivity contribution in [3.8, 4) is 0 Å². The molecule has 0 amide bonds. The maximum atomic E-state index is 10.8. The Morgan fingerprint density at radius 3 is 2.70 bits per heavy atom. The van der Waals surface area contributed by atoms with Crippen molar-refractivity contribution in [1.82, 2.24) is 4.98 Å². The lowest BCUT2D eigenvalue weighted by Crippen LogP contribution is -2.42. The maximum Gasteiger partial charge on any atom is 0.0930 e. The van der Waals surface area contributed by atoms with E-state index in [-0.39, 0.29) is 11.7 Å². The molecule has 2 fully saturated rings. The van der Waals surface area contributed by atoms with Crippen LogP contribution in [0, 0.1) is 19.8 Å². The lowest BCUT2D eigenvalue weighted by atomic mass is 9.74. The van der Waals surface area contributed by atoms with Gasteiger partial charge in [-0.25, -0.2) is 4.98 Å². The van der Waals surface area contributed by atoms with Crippen molar-refractivity contribution >= 4 is 11.3 Å². The Hall–Kier alpha value is -0.450. The van der Waals surface area contributed by atoms with E-state index in [1.807, 2.05) is 13.8 Å². The van der Waals surface area contributed by atoms with Gasteiger partial charge in [0.1, 0.15) is 0 Å². The van der Waals surface area contributed by atoms with Crippen molar-refractivity contribution < 1.29 is 9.84 Å². The summed E-state index contributed by atoms with van der Waals surface area (Å²) < 4.78 is 6.13. The summed E-state index contributed by atoms with van der Waals surface area (Å²) in [5.41, 5.74) is 1.07. The highest BCUT2D eigenvalue weighted by molar-refractivity contribution is 7.11. The molecule has 4 heteroatoms. The van der Waals surface area contributed by atoms with E-state index in [1.54, 1.807) is 11.3 Å². The van der Waals surface area contributed by atoms with Crippen LogP contribution in [0.3, 0.4) is 0 Å². The van der Waals surface area contributed by atoms with Crippen LogP contribution in [0.5, 0.6) is 0 Å². The number of aromatic nitrogens is 1. The number of aryl methyl sites for hydroxylation is 2. The first-order chi connectivity index (χ1) is 9.60. The summed E-state index contributed by atoms with van der Waals surface area (Å²) in [6, 6.07) is 0. The van der Waals surface area contributed by atoms with E-state index in [2.05, 4.69) is 4.98 Å². The predicted molar refractivity (Wildman–Crippen MR) is 81.0 cm³/mol. The summed E-state index contributed by atoms with van der Waals surface area (Å²) in [4.78, 5) is 5.53. The molecule has 3 nitrogen and oxygen atoms in total. The van der Waals surface area contributed by atoms with E-state index < -0.39 is 0 Å². The molecule has 2 aliphatic rings. The number of ether oxygens (including phenoxy) is 1. The number of aliphatic hydroxyl groups excluding tert-OH is 1. The van der Waals surface area contributed by atoms with Crippen LogP contribution < -0.4 is 0 Å². The van der Waals surface area contributed by atoms with Gasteiger partial charge in [-0.3, -0.25) is 0 Å². The zero-order chi connectivity index (χ0) is 14.2. The fraction of sp³-hybridized carbons (Fsp3) is 0.812. The van der Waals surface area contributed by atoms with Gasteiger partial charge < -0.3 is 9.84 Å². The number of thiazole rings is 1. The Kier molecular flexibility index (Phi) is 4.16. The first kappa shape index (κ1) is 14.5. The van der Waals surface area contributed by atoms with E-state index in [0.717, 1.165) is 35.0 Å². The third kappa shape index (κ3) is 2.78. The SMILES string of the molecule is Cc1nc(C)c(C(O)C2CCOC3(CCCCC3)C2)s1. The minimum absolute atomic E-state index is 0.0653. The van der Waals surface area contributed by atoms with Crippen LogP contribution in [0.2, 0.25) is 0 Å². The molecule has 1 aromatic heterocycles. The van der Waals surface area contributed by atoms with Gasteiger partial charge in [0.2, 0.25) is 0 Å². The first-order valence-corrected chi connectivity index (χ1v) is 8.67. The van der Waals surface area contributed by atoms with E-state index in [1.165, 1.54) is 32.1 Å². The lowest BCUT2D eigenvalue weighted by Gasteiger charge is -2.44. The molecule has 2 atom stereocenters. The molecule has 2 heterocycles. The van der Waals surface area contributed by atoms with Gasteiger partial charge >= 0.3 is 0 Å². The molecular weight excluding hydrogens is 270 g/mol. The van der Waals surface area contributed by atoms with Crippen LogP contribution in [0.15, 0.2) is 0 Å². The molecule has 1 saturated carbocycles. The van der Waals surface area contributed by atoms with Crippen molar-refractivity contribution in [3.05, 3.63) is 15.6 Å². The van der Waals surface area contributed by atoms with Crippen LogP contribution >= 0.6 is 11.3 Å². The van der Waals surface area contributed by atoms with Gasteiger partial charge in [-0.15, -0.1) is 11.3 Å². The summed E-state index contributed by atoms with van der Waals surface area (Å²) in [7, 11) is 0. The molecular formula is C16H25NO2S. The number of hydrogen-bond acceptors (Lipinski definition) is 4. The number of nitrogens with zero attached hydrogens (tertiary/aromatic N) is 1. The van der Waals surface area contributed by atoms with Crippen LogP contribution in [0.1, 0.15) is 66.6 Å². The highest BCUT2D eigenvalue weighted by Crippen LogP contribution is 2.45. The third-order valence-corrected chi connectivity index (χ3v) is 6.09. The highest BCUT2D eigenvalue weighted by atomic mass is 32.1. The van der Waals surface area contributed by atoms with Crippen molar-refractivity contribution in [1.29, 1.82) is 0 Å². The van der Waals surface area contributed by atoms with Crippen molar-refractivity contribution in [2.24, 2.45) is 5.92 Å². The zero-order valence-electron chi connectivity index (χ0n) is 12.5. The summed E-state index contributed by atoms with van der Waals surface area (Å²) in [5, 5.41) is 11.8. The van der Waals surface area contributed by atoms with Gasteiger partial charge in [-0.2, -0.15) is 0 Å². The van der Waals surface area contributed by atoms with Crippen LogP contribution in [-0.2, 0) is 4.74 Å². The molecule has 1 N–H and O–H groups in total. The second-order valence-electron chi connectivity index (χ2n) is 6.47. The Morgan fingerprint density at radius 1 is 1.30 bits per heavy atom. The molecule has 0 bridgehead atoms. The van der Waals surface area contributed by atoms with Gasteiger partial charge in [-0.05, 0) is 45.4 Å². The number of hydrogen-bond donors (Lipinski definition) is 1. The average molecular weight is 295 g/mol. The molecule has 1 aliphatic heterocycles. The topological polar surface area (TPSA) is 42.4 Å². The quantitative estimate of drug-likeness (QED) is 0.899. The lowest BCUT2D eigenvalue weighted by molar-refractivity contribution is -0.133. The Morgan fingerprint density at radius 2 is 2.05 bits per heavy atom. The number of aliphatic hydroxyl groups is 1. The van der Waals surface area contributed by atoms with Gasteiger partial charge in [-0.1, -0.05) is 19.3 Å². The van der Waals surface area contributed by atoms with Crippen molar-refractivity contribution in [2.75, 3.05) is 6.61 Å². The molecule has 1 saturated heterocycles. The highest BCUT2D eigenvalue weighted by Gasteiger charge is 2.41. The second-order valence-corrected chi connectivity index (χ2v) is 7.71. The summed E-state index contributed by atoms with van der Waals surface area (Å²) >= 11 is 1.65. The Bertz CT molecular complexity index is 460. The normalized spacial score (nSPS) is 27.6. The second kappa shape index (κ2) is 5.74. The fourth-order valence-electron chi connectivity index (χ4n) is 3.92. The molecule has 20 heavy (non-hydrogen) atoms. The molecule has 3 rings (SSSR count). The predicted octanol–water partition coefficient (Wildman–Crippen LogP) is 3.92. The molecule has 112 valence electrons. The summed E-state index contributed by atoms with van der Waals surface area (Å²) in [6.07, 6.45) is 7.88. The maximum absolute atomic E-state index is 10.8. The van der Waals surface area contributed by atoms with Gasteiger partial charge in [0.15, 0.2) is 0 Å². The van der Waals surface area contributed by atoms with Gasteiger partial charge in [0.25, 0.3) is 0 Å². The average Bonchev–Trinajstić information content (AvgIpc) is 2.78. The van der Waals surface area contributed by atoms with Crippen molar-refractivity contribution in [3.63, 3.8) is 0 Å². The van der Waals surface area contributed by atoms with Crippen molar-refractivity contribution in [2.45, 2.75) is 70.5 Å². The van der Waals surface area contributed by atoms with Crippen LogP contribution in [-0.4, -0.2) is 22.3 Å². The minimum atomic E-state index is -0.357. The Balaban J connectivity index is 1.74. The van der Waals surface area contributed by atoms with E-state index in [9.17, 15) is 5.11 Å². The molecule has 1 aliphatic carbocycles. The zero-order valence-corrected chi connectivity index (χ0v) is 13.3. The van der Waals surface area contributed by atoms with Crippen LogP contribution in [0.25, 0.3) is 0 Å². The largest absolute Gasteiger partial charge is 0.387 e. The van der Waals surface area contributed by atoms with Crippen LogP contribution in [0.4, 0.5) is 0 Å². The third-order valence-electron chi connectivity index (χ3n) is 4.95. The van der Waals surface area contributed by atoms with Gasteiger partial charge in [0.05, 0.1) is 27.3 Å². The fourth-order valence-corrected chi connectivity index (χ4v) is 4.92. The minimum Gasteiger partial charge on any atom is -0.387 e. The Labute approximate surface area is 125 Å². The monoisotopic (exact) mass is 295 g/mol. The molecule has 0 radical (unpaired) electrons. The summed E-state index contributed by atoms with van der Waals surface area (Å²) in [5.74, 6) is 0.334. The molecule has 1 aromatic rings. The molecule has 2 unspecified atom stereocenters. The standard InChI is InChI=1S/C16H25NO2S/c1-11-15(20-12(2)17-11)14(18)13-6-9-19-16(10-13)7-4-3-5-8-16/h13-14,18H,3-10H2,1-2H3. The van der Waals surface area contributed by atoms with Gasteiger partial charge in [0, 0.05) is 6.61 Å². The molecule has 1 spiro atoms. The van der Waals surface area contributed by atoms with E-state index in [0.29, 0.717) is 5.92 Å². The van der Waals surface area contributed by atoms with E-state index in [4.69, 9.17) is 4.74 Å². The number of rotatable bonds is 2. The molecule has 0 aromatic carbocycles. The summed E-state index contributed by atoms with van der Waals surface area (Å²) in [6.45, 7) is 4.83. The first-order valence-electron chi connectivity index (χ1n) is 7.86. The smallest absolute Gasteiger partial charge is 0.0930 e. The van der Waals surface area contributed by atoms with E-state index >= 15 is 0 Å².